The number of thiophene rings is 1. The van der Waals surface area contributed by atoms with E-state index in [2.05, 4.69) is 28.5 Å². The number of nitrogens with one attached hydrogen (secondary N) is 1. The van der Waals surface area contributed by atoms with Gasteiger partial charge in [0.2, 0.25) is 0 Å². The second-order valence-electron chi connectivity index (χ2n) is 5.18. The van der Waals surface area contributed by atoms with E-state index in [1.807, 2.05) is 17.5 Å². The van der Waals surface area contributed by atoms with Crippen LogP contribution in [-0.2, 0) is 11.2 Å². The molecule has 0 bridgehead atoms. The average molecular weight is 314 g/mol. The average Bonchev–Trinajstić information content (AvgIpc) is 3.09. The number of rotatable bonds is 2. The van der Waals surface area contributed by atoms with Crippen LogP contribution in [0.15, 0.2) is 46.8 Å². The van der Waals surface area contributed by atoms with Crippen LogP contribution in [0.2, 0.25) is 0 Å². The van der Waals surface area contributed by atoms with Crippen molar-refractivity contribution in [2.75, 3.05) is 7.11 Å². The van der Waals surface area contributed by atoms with Crippen LogP contribution < -0.4 is 5.32 Å². The van der Waals surface area contributed by atoms with Gasteiger partial charge in [-0.2, -0.15) is 0 Å². The van der Waals surface area contributed by atoms with Crippen molar-refractivity contribution < 1.29 is 9.53 Å². The summed E-state index contributed by atoms with van der Waals surface area (Å²) in [5.41, 5.74) is 2.57. The number of aliphatic imine (C=N–C) groups is 1. The summed E-state index contributed by atoms with van der Waals surface area (Å²) in [4.78, 5) is 17.4. The lowest BCUT2D eigenvalue weighted by Crippen LogP contribution is -2.32. The van der Waals surface area contributed by atoms with Crippen LogP contribution >= 0.6 is 11.3 Å². The van der Waals surface area contributed by atoms with E-state index in [-0.39, 0.29) is 18.0 Å². The molecule has 0 fully saturated rings. The largest absolute Gasteiger partial charge is 0.468 e. The zero-order valence-corrected chi connectivity index (χ0v) is 13.2. The van der Waals surface area contributed by atoms with Gasteiger partial charge in [0.25, 0.3) is 11.9 Å². The number of hydrogen-bond donors (Lipinski definition) is 1. The van der Waals surface area contributed by atoms with Gasteiger partial charge in [-0.15, -0.1) is 11.3 Å². The molecule has 3 rings (SSSR count). The minimum atomic E-state index is -0.181. The highest BCUT2D eigenvalue weighted by Gasteiger charge is 2.20. The van der Waals surface area contributed by atoms with Crippen LogP contribution in [0, 0.1) is 0 Å². The molecule has 0 saturated heterocycles. The van der Waals surface area contributed by atoms with Crippen LogP contribution in [0.1, 0.15) is 39.7 Å². The minimum Gasteiger partial charge on any atom is -0.468 e. The standard InChI is InChI=1S/C17H18N2O2S/c1-21-17(19-16(20)15-10-5-11-22-15)18-14-9-4-7-12-6-2-3-8-13(12)14/h2-3,5-6,8,10-11,14H,4,7,9H2,1H3,(H,18,19,20). The van der Waals surface area contributed by atoms with Gasteiger partial charge in [0.15, 0.2) is 0 Å². The number of amidine groups is 1. The maximum Gasteiger partial charge on any atom is 0.292 e. The Morgan fingerprint density at radius 2 is 2.18 bits per heavy atom. The van der Waals surface area contributed by atoms with Gasteiger partial charge >= 0.3 is 0 Å². The normalized spacial score (nSPS) is 17.7. The number of carbonyl (C=O) groups excluding carboxylic acids is 1. The molecule has 1 N–H and O–H groups in total. The first-order chi connectivity index (χ1) is 10.8. The fourth-order valence-electron chi connectivity index (χ4n) is 2.71. The molecule has 114 valence electrons. The third kappa shape index (κ3) is 3.20. The summed E-state index contributed by atoms with van der Waals surface area (Å²) >= 11 is 1.40. The molecule has 1 aromatic heterocycles. The van der Waals surface area contributed by atoms with Crippen LogP contribution in [0.5, 0.6) is 0 Å². The van der Waals surface area contributed by atoms with Gasteiger partial charge < -0.3 is 4.74 Å². The van der Waals surface area contributed by atoms with Gasteiger partial charge in [0, 0.05) is 0 Å². The van der Waals surface area contributed by atoms with Crippen LogP contribution in [0.3, 0.4) is 0 Å². The molecule has 1 aromatic carbocycles. The van der Waals surface area contributed by atoms with E-state index in [4.69, 9.17) is 4.74 Å². The lowest BCUT2D eigenvalue weighted by atomic mass is 9.88. The van der Waals surface area contributed by atoms with E-state index in [1.165, 1.54) is 29.6 Å². The number of methoxy groups -OCH3 is 1. The number of aryl methyl sites for hydroxylation is 1. The molecule has 1 amide bonds. The molecule has 0 saturated carbocycles. The van der Waals surface area contributed by atoms with E-state index in [9.17, 15) is 4.79 Å². The molecule has 5 heteroatoms. The predicted octanol–water partition coefficient (Wildman–Crippen LogP) is 3.56. The Morgan fingerprint density at radius 3 is 2.95 bits per heavy atom. The van der Waals surface area contributed by atoms with Gasteiger partial charge in [0.05, 0.1) is 18.0 Å². The van der Waals surface area contributed by atoms with E-state index in [1.54, 1.807) is 6.07 Å². The first kappa shape index (κ1) is 14.8. The van der Waals surface area contributed by atoms with Gasteiger partial charge in [0.1, 0.15) is 0 Å². The summed E-state index contributed by atoms with van der Waals surface area (Å²) in [6.45, 7) is 0. The number of amides is 1. The zero-order valence-electron chi connectivity index (χ0n) is 12.4. The number of fused-ring (bicyclic) bond motifs is 1. The quantitative estimate of drug-likeness (QED) is 0.680. The van der Waals surface area contributed by atoms with Crippen molar-refractivity contribution in [2.24, 2.45) is 4.99 Å². The van der Waals surface area contributed by atoms with Crippen LogP contribution in [-0.4, -0.2) is 19.0 Å². The smallest absolute Gasteiger partial charge is 0.292 e. The third-order valence-electron chi connectivity index (χ3n) is 3.77. The van der Waals surface area contributed by atoms with Crippen molar-refractivity contribution in [3.05, 3.63) is 57.8 Å². The molecule has 1 aliphatic rings. The van der Waals surface area contributed by atoms with E-state index in [0.29, 0.717) is 4.88 Å². The second kappa shape index (κ2) is 6.75. The molecule has 1 atom stereocenters. The molecule has 22 heavy (non-hydrogen) atoms. The molecule has 4 nitrogen and oxygen atoms in total. The van der Waals surface area contributed by atoms with E-state index < -0.39 is 0 Å². The highest BCUT2D eigenvalue weighted by Crippen LogP contribution is 2.32. The molecule has 0 aliphatic heterocycles. The first-order valence-corrected chi connectivity index (χ1v) is 8.20. The fraction of sp³-hybridized carbons (Fsp3) is 0.294. The Kier molecular flexibility index (Phi) is 4.53. The number of ether oxygens (including phenoxy) is 1. The SMILES string of the molecule is COC(=NC1CCCc2ccccc21)NC(=O)c1cccs1. The fourth-order valence-corrected chi connectivity index (χ4v) is 3.33. The highest BCUT2D eigenvalue weighted by atomic mass is 32.1. The Balaban J connectivity index is 1.79. The number of carbonyl (C=O) groups is 1. The molecule has 1 aliphatic carbocycles. The molecular formula is C17H18N2O2S. The molecule has 0 spiro atoms. The van der Waals surface area contributed by atoms with Crippen molar-refractivity contribution in [1.29, 1.82) is 0 Å². The maximum absolute atomic E-state index is 12.1. The van der Waals surface area contributed by atoms with Gasteiger partial charge in [-0.05, 0) is 41.8 Å². The third-order valence-corrected chi connectivity index (χ3v) is 4.64. The summed E-state index contributed by atoms with van der Waals surface area (Å²) in [7, 11) is 1.53. The van der Waals surface area contributed by atoms with E-state index >= 15 is 0 Å². The number of benzene rings is 1. The zero-order chi connectivity index (χ0) is 15.4. The van der Waals surface area contributed by atoms with Gasteiger partial charge in [-0.1, -0.05) is 30.3 Å². The maximum atomic E-state index is 12.1. The number of nitrogens with zero attached hydrogens (tertiary/aromatic N) is 1. The van der Waals surface area contributed by atoms with Crippen LogP contribution in [0.4, 0.5) is 0 Å². The predicted molar refractivity (Wildman–Crippen MR) is 88.4 cm³/mol. The minimum absolute atomic E-state index is 0.0449. The van der Waals surface area contributed by atoms with Crippen molar-refractivity contribution in [3.8, 4) is 0 Å². The van der Waals surface area contributed by atoms with E-state index in [0.717, 1.165) is 19.3 Å². The molecule has 0 radical (unpaired) electrons. The summed E-state index contributed by atoms with van der Waals surface area (Å²) in [5, 5.41) is 4.62. The Labute approximate surface area is 133 Å². The Bertz CT molecular complexity index is 680. The molecule has 1 heterocycles. The lowest BCUT2D eigenvalue weighted by molar-refractivity contribution is 0.0972. The summed E-state index contributed by atoms with van der Waals surface area (Å²) in [6, 6.07) is 12.3. The second-order valence-corrected chi connectivity index (χ2v) is 6.12. The summed E-state index contributed by atoms with van der Waals surface area (Å²) in [6.07, 6.45) is 3.16. The molecule has 1 unspecified atom stereocenters. The summed E-state index contributed by atoms with van der Waals surface area (Å²) < 4.78 is 5.26. The first-order valence-electron chi connectivity index (χ1n) is 7.32. The van der Waals surface area contributed by atoms with Gasteiger partial charge in [-0.25, -0.2) is 4.99 Å². The lowest BCUT2D eigenvalue weighted by Gasteiger charge is -2.22. The van der Waals surface area contributed by atoms with Gasteiger partial charge in [-0.3, -0.25) is 10.1 Å². The summed E-state index contributed by atoms with van der Waals surface area (Å²) in [5.74, 6) is -0.181. The monoisotopic (exact) mass is 314 g/mol. The van der Waals surface area contributed by atoms with Crippen molar-refractivity contribution >= 4 is 23.3 Å². The topological polar surface area (TPSA) is 50.7 Å². The molecular weight excluding hydrogens is 296 g/mol. The number of hydrogen-bond acceptors (Lipinski definition) is 4. The van der Waals surface area contributed by atoms with Crippen molar-refractivity contribution in [2.45, 2.75) is 25.3 Å². The van der Waals surface area contributed by atoms with Crippen molar-refractivity contribution in [1.82, 2.24) is 5.32 Å². The molecule has 2 aromatic rings. The highest BCUT2D eigenvalue weighted by molar-refractivity contribution is 7.12. The Hall–Kier alpha value is -2.14. The van der Waals surface area contributed by atoms with Crippen molar-refractivity contribution in [3.63, 3.8) is 0 Å². The van der Waals surface area contributed by atoms with Crippen LogP contribution in [0.25, 0.3) is 0 Å². The Morgan fingerprint density at radius 1 is 1.32 bits per heavy atom.